The summed E-state index contributed by atoms with van der Waals surface area (Å²) in [5, 5.41) is 3.30. The molecule has 1 unspecified atom stereocenters. The second-order valence-electron chi connectivity index (χ2n) is 4.05. The number of thiophene rings is 1. The predicted molar refractivity (Wildman–Crippen MR) is 89.3 cm³/mol. The molecule has 0 saturated carbocycles. The van der Waals surface area contributed by atoms with Gasteiger partial charge in [0.25, 0.3) is 0 Å². The quantitative estimate of drug-likeness (QED) is 0.605. The SMILES string of the molecule is CNC(Cc1ccc(F)cc1Br)c1cc(Br)c(Br)s1. The fourth-order valence-electron chi connectivity index (χ4n) is 1.79. The largest absolute Gasteiger partial charge is 0.312 e. The number of hydrogen-bond acceptors (Lipinski definition) is 2. The summed E-state index contributed by atoms with van der Waals surface area (Å²) in [7, 11) is 1.93. The third kappa shape index (κ3) is 3.88. The Hall–Kier alpha value is 0.250. The lowest BCUT2D eigenvalue weighted by molar-refractivity contribution is 0.596. The minimum absolute atomic E-state index is 0.203. The second-order valence-corrected chi connectivity index (χ2v) is 8.16. The molecule has 19 heavy (non-hydrogen) atoms. The highest BCUT2D eigenvalue weighted by molar-refractivity contribution is 9.13. The van der Waals surface area contributed by atoms with E-state index < -0.39 is 0 Å². The summed E-state index contributed by atoms with van der Waals surface area (Å²) >= 11 is 12.1. The molecule has 102 valence electrons. The van der Waals surface area contributed by atoms with Gasteiger partial charge < -0.3 is 5.32 Å². The zero-order valence-corrected chi connectivity index (χ0v) is 15.6. The summed E-state index contributed by atoms with van der Waals surface area (Å²) in [6.45, 7) is 0. The molecule has 0 aliphatic heterocycles. The maximum atomic E-state index is 13.1. The van der Waals surface area contributed by atoms with Crippen LogP contribution in [0.15, 0.2) is 37.0 Å². The van der Waals surface area contributed by atoms with Crippen LogP contribution in [0.5, 0.6) is 0 Å². The van der Waals surface area contributed by atoms with Crippen molar-refractivity contribution in [3.05, 3.63) is 53.3 Å². The van der Waals surface area contributed by atoms with Gasteiger partial charge in [-0.05, 0) is 69.1 Å². The summed E-state index contributed by atoms with van der Waals surface area (Å²) in [5.41, 5.74) is 1.08. The van der Waals surface area contributed by atoms with Crippen LogP contribution in [0.3, 0.4) is 0 Å². The van der Waals surface area contributed by atoms with Gasteiger partial charge in [0.05, 0.1) is 3.79 Å². The van der Waals surface area contributed by atoms with Crippen LogP contribution in [-0.2, 0) is 6.42 Å². The standard InChI is InChI=1S/C13H11Br3FNS/c1-18-11(12-6-10(15)13(16)19-12)4-7-2-3-8(17)5-9(7)14/h2-3,5-6,11,18H,4H2,1H3. The first-order chi connectivity index (χ1) is 9.01. The van der Waals surface area contributed by atoms with Crippen LogP contribution >= 0.6 is 59.1 Å². The number of likely N-dealkylation sites (N-methyl/N-ethyl adjacent to an activating group) is 1. The Bertz CT molecular complexity index is 566. The third-order valence-electron chi connectivity index (χ3n) is 2.80. The van der Waals surface area contributed by atoms with Crippen molar-refractivity contribution in [2.45, 2.75) is 12.5 Å². The van der Waals surface area contributed by atoms with Crippen LogP contribution in [-0.4, -0.2) is 7.05 Å². The molecule has 0 radical (unpaired) electrons. The van der Waals surface area contributed by atoms with Gasteiger partial charge in [-0.1, -0.05) is 22.0 Å². The molecule has 1 atom stereocenters. The van der Waals surface area contributed by atoms with Crippen molar-refractivity contribution in [2.24, 2.45) is 0 Å². The summed E-state index contributed by atoms with van der Waals surface area (Å²) in [6.07, 6.45) is 0.802. The van der Waals surface area contributed by atoms with Gasteiger partial charge in [-0.15, -0.1) is 11.3 Å². The highest BCUT2D eigenvalue weighted by Crippen LogP contribution is 2.37. The Balaban J connectivity index is 2.23. The van der Waals surface area contributed by atoms with Gasteiger partial charge in [0, 0.05) is 19.9 Å². The molecule has 1 nitrogen and oxygen atoms in total. The monoisotopic (exact) mass is 469 g/mol. The Morgan fingerprint density at radius 2 is 1.95 bits per heavy atom. The number of nitrogens with one attached hydrogen (secondary N) is 1. The first-order valence-corrected chi connectivity index (χ1v) is 8.76. The average Bonchev–Trinajstić information content (AvgIpc) is 2.68. The summed E-state index contributed by atoms with van der Waals surface area (Å²) < 4.78 is 16.0. The van der Waals surface area contributed by atoms with E-state index in [1.54, 1.807) is 11.3 Å². The molecule has 0 saturated heterocycles. The van der Waals surface area contributed by atoms with Crippen LogP contribution in [0.4, 0.5) is 4.39 Å². The van der Waals surface area contributed by atoms with E-state index in [0.717, 1.165) is 24.7 Å². The molecule has 2 aromatic rings. The lowest BCUT2D eigenvalue weighted by Gasteiger charge is -2.15. The second kappa shape index (κ2) is 6.80. The van der Waals surface area contributed by atoms with E-state index in [-0.39, 0.29) is 11.9 Å². The van der Waals surface area contributed by atoms with Crippen LogP contribution in [0.25, 0.3) is 0 Å². The highest BCUT2D eigenvalue weighted by Gasteiger charge is 2.16. The maximum absolute atomic E-state index is 13.1. The minimum Gasteiger partial charge on any atom is -0.312 e. The van der Waals surface area contributed by atoms with Crippen molar-refractivity contribution in [1.82, 2.24) is 5.32 Å². The Morgan fingerprint density at radius 3 is 2.47 bits per heavy atom. The lowest BCUT2D eigenvalue weighted by atomic mass is 10.0. The molecule has 1 N–H and O–H groups in total. The highest BCUT2D eigenvalue weighted by atomic mass is 79.9. The van der Waals surface area contributed by atoms with Gasteiger partial charge in [0.1, 0.15) is 5.82 Å². The molecule has 0 aliphatic rings. The van der Waals surface area contributed by atoms with E-state index >= 15 is 0 Å². The fourth-order valence-corrected chi connectivity index (χ4v) is 4.50. The molecule has 1 heterocycles. The smallest absolute Gasteiger partial charge is 0.124 e. The topological polar surface area (TPSA) is 12.0 Å². The molecular formula is C13H11Br3FNS. The van der Waals surface area contributed by atoms with Crippen LogP contribution in [0.2, 0.25) is 0 Å². The third-order valence-corrected chi connectivity index (χ3v) is 6.90. The molecule has 0 fully saturated rings. The maximum Gasteiger partial charge on any atom is 0.124 e. The molecule has 0 amide bonds. The lowest BCUT2D eigenvalue weighted by Crippen LogP contribution is -2.17. The molecule has 0 bridgehead atoms. The van der Waals surface area contributed by atoms with E-state index in [9.17, 15) is 4.39 Å². The van der Waals surface area contributed by atoms with Crippen molar-refractivity contribution in [3.63, 3.8) is 0 Å². The van der Waals surface area contributed by atoms with Gasteiger partial charge in [-0.25, -0.2) is 4.39 Å². The molecular weight excluding hydrogens is 461 g/mol. The normalized spacial score (nSPS) is 12.7. The van der Waals surface area contributed by atoms with E-state index in [1.807, 2.05) is 13.1 Å². The summed E-state index contributed by atoms with van der Waals surface area (Å²) in [4.78, 5) is 1.23. The number of halogens is 4. The molecule has 0 aliphatic carbocycles. The van der Waals surface area contributed by atoms with Crippen molar-refractivity contribution < 1.29 is 4.39 Å². The van der Waals surface area contributed by atoms with Crippen molar-refractivity contribution in [1.29, 1.82) is 0 Å². The van der Waals surface area contributed by atoms with E-state index in [1.165, 1.54) is 17.0 Å². The zero-order chi connectivity index (χ0) is 14.0. The number of benzene rings is 1. The van der Waals surface area contributed by atoms with Gasteiger partial charge >= 0.3 is 0 Å². The summed E-state index contributed by atoms with van der Waals surface area (Å²) in [5.74, 6) is -0.224. The zero-order valence-electron chi connectivity index (χ0n) is 10.0. The van der Waals surface area contributed by atoms with Gasteiger partial charge in [-0.3, -0.25) is 0 Å². The van der Waals surface area contributed by atoms with Crippen molar-refractivity contribution >= 4 is 59.1 Å². The van der Waals surface area contributed by atoms with Crippen molar-refractivity contribution in [2.75, 3.05) is 7.05 Å². The molecule has 2 rings (SSSR count). The predicted octanol–water partition coefficient (Wildman–Crippen LogP) is 5.68. The number of hydrogen-bond donors (Lipinski definition) is 1. The number of rotatable bonds is 4. The molecule has 0 spiro atoms. The van der Waals surface area contributed by atoms with Gasteiger partial charge in [0.2, 0.25) is 0 Å². The molecule has 6 heteroatoms. The van der Waals surface area contributed by atoms with E-state index in [2.05, 4.69) is 59.2 Å². The fraction of sp³-hybridized carbons (Fsp3) is 0.231. The first-order valence-electron chi connectivity index (χ1n) is 5.57. The first kappa shape index (κ1) is 15.6. The Kier molecular flexibility index (Phi) is 5.60. The van der Waals surface area contributed by atoms with Crippen molar-refractivity contribution in [3.8, 4) is 0 Å². The van der Waals surface area contributed by atoms with E-state index in [0.29, 0.717) is 0 Å². The Morgan fingerprint density at radius 1 is 1.21 bits per heavy atom. The van der Waals surface area contributed by atoms with Gasteiger partial charge in [-0.2, -0.15) is 0 Å². The van der Waals surface area contributed by atoms with E-state index in [4.69, 9.17) is 0 Å². The molecule has 1 aromatic carbocycles. The Labute approximate surface area is 141 Å². The minimum atomic E-state index is -0.224. The summed E-state index contributed by atoms with van der Waals surface area (Å²) in [6, 6.07) is 7.12. The van der Waals surface area contributed by atoms with Gasteiger partial charge in [0.15, 0.2) is 0 Å². The molecule has 1 aromatic heterocycles. The van der Waals surface area contributed by atoms with Crippen LogP contribution in [0, 0.1) is 5.82 Å². The average molecular weight is 472 g/mol. The van der Waals surface area contributed by atoms with Crippen LogP contribution in [0.1, 0.15) is 16.5 Å². The van der Waals surface area contributed by atoms with Crippen LogP contribution < -0.4 is 5.32 Å².